The lowest BCUT2D eigenvalue weighted by Gasteiger charge is -2.18. The van der Waals surface area contributed by atoms with Crippen LogP contribution in [0.15, 0.2) is 23.1 Å². The van der Waals surface area contributed by atoms with Crippen LogP contribution in [0.5, 0.6) is 0 Å². The molecule has 1 aliphatic carbocycles. The molecule has 4 nitrogen and oxygen atoms in total. The average Bonchev–Trinajstić information content (AvgIpc) is 2.70. The first-order valence-corrected chi connectivity index (χ1v) is 9.05. The predicted octanol–water partition coefficient (Wildman–Crippen LogP) is 2.92. The van der Waals surface area contributed by atoms with E-state index in [2.05, 4.69) is 23.9 Å². The van der Waals surface area contributed by atoms with E-state index >= 15 is 0 Å². The van der Waals surface area contributed by atoms with Gasteiger partial charge in [-0.2, -0.15) is 0 Å². The monoisotopic (exact) mass is 330 g/mol. The maximum absolute atomic E-state index is 12.5. The molecular formula is C15H23ClN2O2S. The zero-order valence-electron chi connectivity index (χ0n) is 12.7. The van der Waals surface area contributed by atoms with E-state index in [1.807, 2.05) is 0 Å². The molecule has 1 saturated carbocycles. The average molecular weight is 331 g/mol. The van der Waals surface area contributed by atoms with Gasteiger partial charge >= 0.3 is 0 Å². The third kappa shape index (κ3) is 4.19. The molecule has 2 N–H and O–H groups in total. The maximum Gasteiger partial charge on any atom is 0.240 e. The van der Waals surface area contributed by atoms with Crippen LogP contribution in [0.1, 0.15) is 38.7 Å². The van der Waals surface area contributed by atoms with Crippen molar-refractivity contribution >= 4 is 21.6 Å². The molecule has 0 aliphatic heterocycles. The maximum atomic E-state index is 12.5. The van der Waals surface area contributed by atoms with Crippen molar-refractivity contribution in [2.24, 2.45) is 5.41 Å². The Balaban J connectivity index is 2.18. The van der Waals surface area contributed by atoms with Crippen LogP contribution in [0.25, 0.3) is 0 Å². The molecule has 0 saturated heterocycles. The topological polar surface area (TPSA) is 58.2 Å². The quantitative estimate of drug-likeness (QED) is 0.872. The first kappa shape index (κ1) is 16.7. The van der Waals surface area contributed by atoms with Crippen molar-refractivity contribution in [1.29, 1.82) is 0 Å². The zero-order chi connectivity index (χ0) is 15.7. The number of hydrogen-bond acceptors (Lipinski definition) is 3. The van der Waals surface area contributed by atoms with Gasteiger partial charge in [0.2, 0.25) is 10.0 Å². The third-order valence-electron chi connectivity index (χ3n) is 3.99. The predicted molar refractivity (Wildman–Crippen MR) is 86.0 cm³/mol. The van der Waals surface area contributed by atoms with Gasteiger partial charge in [0.05, 0.1) is 4.90 Å². The van der Waals surface area contributed by atoms with E-state index in [0.29, 0.717) is 11.6 Å². The van der Waals surface area contributed by atoms with Crippen LogP contribution < -0.4 is 10.0 Å². The molecule has 1 atom stereocenters. The fraction of sp³-hybridized carbons (Fsp3) is 0.600. The van der Waals surface area contributed by atoms with Crippen LogP contribution in [0.2, 0.25) is 5.02 Å². The Labute approximate surface area is 132 Å². The summed E-state index contributed by atoms with van der Waals surface area (Å²) in [5.41, 5.74) is 0.999. The van der Waals surface area contributed by atoms with Crippen LogP contribution in [-0.4, -0.2) is 21.5 Å². The molecule has 1 unspecified atom stereocenters. The summed E-state index contributed by atoms with van der Waals surface area (Å²) in [5, 5.41) is 3.56. The molecule has 0 amide bonds. The van der Waals surface area contributed by atoms with Crippen molar-refractivity contribution in [2.75, 3.05) is 7.05 Å². The summed E-state index contributed by atoms with van der Waals surface area (Å²) < 4.78 is 27.8. The summed E-state index contributed by atoms with van der Waals surface area (Å²) in [5.74, 6) is 0. The van der Waals surface area contributed by atoms with E-state index in [4.69, 9.17) is 11.6 Å². The Morgan fingerprint density at radius 3 is 2.67 bits per heavy atom. The van der Waals surface area contributed by atoms with Gasteiger partial charge in [0.25, 0.3) is 0 Å². The van der Waals surface area contributed by atoms with Gasteiger partial charge in [-0.05, 0) is 55.5 Å². The highest BCUT2D eigenvalue weighted by molar-refractivity contribution is 7.89. The van der Waals surface area contributed by atoms with E-state index < -0.39 is 10.0 Å². The molecule has 1 fully saturated rings. The van der Waals surface area contributed by atoms with Crippen molar-refractivity contribution in [3.05, 3.63) is 28.8 Å². The van der Waals surface area contributed by atoms with E-state index in [-0.39, 0.29) is 16.4 Å². The van der Waals surface area contributed by atoms with Gasteiger partial charge in [0.15, 0.2) is 0 Å². The Bertz CT molecular complexity index is 614. The lowest BCUT2D eigenvalue weighted by Crippen LogP contribution is -2.33. The fourth-order valence-corrected chi connectivity index (χ4v) is 4.37. The van der Waals surface area contributed by atoms with Gasteiger partial charge in [-0.25, -0.2) is 13.1 Å². The molecule has 21 heavy (non-hydrogen) atoms. The molecule has 0 bridgehead atoms. The number of halogens is 1. The van der Waals surface area contributed by atoms with Crippen molar-refractivity contribution in [3.63, 3.8) is 0 Å². The van der Waals surface area contributed by atoms with Gasteiger partial charge in [-0.15, -0.1) is 0 Å². The first-order valence-electron chi connectivity index (χ1n) is 7.19. The minimum Gasteiger partial charge on any atom is -0.316 e. The van der Waals surface area contributed by atoms with E-state index in [9.17, 15) is 8.42 Å². The van der Waals surface area contributed by atoms with Crippen molar-refractivity contribution in [3.8, 4) is 0 Å². The Kier molecular flexibility index (Phi) is 4.98. The third-order valence-corrected chi connectivity index (χ3v) is 5.87. The lowest BCUT2D eigenvalue weighted by atomic mass is 9.92. The summed E-state index contributed by atoms with van der Waals surface area (Å²) in [6.45, 7) is 4.89. The summed E-state index contributed by atoms with van der Waals surface area (Å²) in [7, 11) is -1.69. The fourth-order valence-electron chi connectivity index (χ4n) is 2.87. The number of hydrogen-bond donors (Lipinski definition) is 2. The molecule has 2 rings (SSSR count). The van der Waals surface area contributed by atoms with Crippen LogP contribution in [0, 0.1) is 5.41 Å². The van der Waals surface area contributed by atoms with Crippen LogP contribution in [0.4, 0.5) is 0 Å². The second-order valence-corrected chi connectivity index (χ2v) is 8.63. The van der Waals surface area contributed by atoms with Crippen LogP contribution in [0.3, 0.4) is 0 Å². The van der Waals surface area contributed by atoms with E-state index in [0.717, 1.165) is 24.8 Å². The number of nitrogens with one attached hydrogen (secondary N) is 2. The van der Waals surface area contributed by atoms with Crippen LogP contribution >= 0.6 is 11.6 Å². The molecule has 0 radical (unpaired) electrons. The van der Waals surface area contributed by atoms with Gasteiger partial charge in [0.1, 0.15) is 0 Å². The highest BCUT2D eigenvalue weighted by atomic mass is 35.5. The normalized spacial score (nSPS) is 21.6. The van der Waals surface area contributed by atoms with Gasteiger partial charge in [-0.1, -0.05) is 25.4 Å². The molecule has 6 heteroatoms. The Morgan fingerprint density at radius 1 is 1.38 bits per heavy atom. The van der Waals surface area contributed by atoms with Crippen molar-refractivity contribution < 1.29 is 8.42 Å². The SMILES string of the molecule is CNCc1cc(S(=O)(=O)NC2CCC(C)(C)C2)ccc1Cl. The van der Waals surface area contributed by atoms with Crippen molar-refractivity contribution in [2.45, 2.75) is 50.6 Å². The summed E-state index contributed by atoms with van der Waals surface area (Å²) in [6.07, 6.45) is 2.82. The minimum absolute atomic E-state index is 0.0217. The Morgan fingerprint density at radius 2 is 2.10 bits per heavy atom. The smallest absolute Gasteiger partial charge is 0.240 e. The largest absolute Gasteiger partial charge is 0.316 e. The minimum atomic E-state index is -3.49. The molecule has 1 aromatic rings. The van der Waals surface area contributed by atoms with Gasteiger partial charge in [0, 0.05) is 17.6 Å². The molecule has 1 aromatic carbocycles. The van der Waals surface area contributed by atoms with Gasteiger partial charge in [-0.3, -0.25) is 0 Å². The molecule has 118 valence electrons. The Hall–Kier alpha value is -0.620. The summed E-state index contributed by atoms with van der Waals surface area (Å²) >= 11 is 6.08. The van der Waals surface area contributed by atoms with E-state index in [1.165, 1.54) is 0 Å². The highest BCUT2D eigenvalue weighted by Crippen LogP contribution is 2.37. The molecule has 0 aromatic heterocycles. The number of rotatable bonds is 5. The van der Waals surface area contributed by atoms with Crippen molar-refractivity contribution in [1.82, 2.24) is 10.0 Å². The lowest BCUT2D eigenvalue weighted by molar-refractivity contribution is 0.372. The highest BCUT2D eigenvalue weighted by Gasteiger charge is 2.33. The summed E-state index contributed by atoms with van der Waals surface area (Å²) in [4.78, 5) is 0.279. The first-order chi connectivity index (χ1) is 9.73. The standard InChI is InChI=1S/C15H23ClN2O2S/c1-15(2)7-6-12(9-15)18-21(19,20)13-4-5-14(16)11(8-13)10-17-3/h4-5,8,12,17-18H,6-7,9-10H2,1-3H3. The molecule has 0 heterocycles. The molecular weight excluding hydrogens is 308 g/mol. The van der Waals surface area contributed by atoms with Crippen LogP contribution in [-0.2, 0) is 16.6 Å². The second-order valence-electron chi connectivity index (χ2n) is 6.51. The second kappa shape index (κ2) is 6.24. The van der Waals surface area contributed by atoms with Gasteiger partial charge < -0.3 is 5.32 Å². The van der Waals surface area contributed by atoms with E-state index in [1.54, 1.807) is 25.2 Å². The summed E-state index contributed by atoms with van der Waals surface area (Å²) in [6, 6.07) is 4.86. The number of sulfonamides is 1. The zero-order valence-corrected chi connectivity index (χ0v) is 14.3. The number of benzene rings is 1. The molecule has 0 spiro atoms. The molecule has 1 aliphatic rings.